The molecule has 1 heterocycles. The zero-order valence-corrected chi connectivity index (χ0v) is 13.6. The second-order valence-electron chi connectivity index (χ2n) is 4.82. The van der Waals surface area contributed by atoms with E-state index in [4.69, 9.17) is 12.2 Å². The monoisotopic (exact) mass is 349 g/mol. The van der Waals surface area contributed by atoms with Crippen molar-refractivity contribution in [2.24, 2.45) is 0 Å². The molecule has 2 aromatic carbocycles. The van der Waals surface area contributed by atoms with E-state index in [1.165, 1.54) is 29.5 Å². The number of benzene rings is 2. The first kappa shape index (κ1) is 15.8. The lowest BCUT2D eigenvalue weighted by molar-refractivity contribution is 0.553. The lowest BCUT2D eigenvalue weighted by atomic mass is 10.1. The SMILES string of the molecule is Fc1cccc(F)c1CCNC(=S)Nc1nc2ccccc2s1. The lowest BCUT2D eigenvalue weighted by Gasteiger charge is -2.09. The van der Waals surface area contributed by atoms with Crippen molar-refractivity contribution >= 4 is 44.0 Å². The molecule has 23 heavy (non-hydrogen) atoms. The van der Waals surface area contributed by atoms with Crippen molar-refractivity contribution in [3.63, 3.8) is 0 Å². The van der Waals surface area contributed by atoms with Gasteiger partial charge in [0.05, 0.1) is 10.2 Å². The Kier molecular flexibility index (Phi) is 4.78. The molecule has 0 saturated carbocycles. The van der Waals surface area contributed by atoms with E-state index in [0.717, 1.165) is 10.2 Å². The number of anilines is 1. The highest BCUT2D eigenvalue weighted by molar-refractivity contribution is 7.80. The van der Waals surface area contributed by atoms with Gasteiger partial charge in [0, 0.05) is 12.1 Å². The van der Waals surface area contributed by atoms with Crippen LogP contribution in [0, 0.1) is 11.6 Å². The molecule has 0 aliphatic rings. The summed E-state index contributed by atoms with van der Waals surface area (Å²) in [5.41, 5.74) is 0.957. The smallest absolute Gasteiger partial charge is 0.190 e. The molecule has 0 bridgehead atoms. The summed E-state index contributed by atoms with van der Waals surface area (Å²) in [5.74, 6) is -1.09. The standard InChI is InChI=1S/C16H13F2N3S2/c17-11-4-3-5-12(18)10(11)8-9-19-15(22)21-16-20-13-6-1-2-7-14(13)23-16/h1-7H,8-9H2,(H2,19,20,21,22). The molecule has 0 spiro atoms. The van der Waals surface area contributed by atoms with Crippen molar-refractivity contribution in [2.45, 2.75) is 6.42 Å². The van der Waals surface area contributed by atoms with Gasteiger partial charge in [0.25, 0.3) is 0 Å². The quantitative estimate of drug-likeness (QED) is 0.695. The van der Waals surface area contributed by atoms with Crippen molar-refractivity contribution in [1.29, 1.82) is 0 Å². The van der Waals surface area contributed by atoms with Crippen molar-refractivity contribution < 1.29 is 8.78 Å². The van der Waals surface area contributed by atoms with Crippen LogP contribution in [0.1, 0.15) is 5.56 Å². The summed E-state index contributed by atoms with van der Waals surface area (Å²) in [7, 11) is 0. The summed E-state index contributed by atoms with van der Waals surface area (Å²) in [6, 6.07) is 11.6. The van der Waals surface area contributed by atoms with Crippen LogP contribution in [0.3, 0.4) is 0 Å². The Labute approximate surface area is 141 Å². The molecule has 2 N–H and O–H groups in total. The van der Waals surface area contributed by atoms with Crippen molar-refractivity contribution in [3.8, 4) is 0 Å². The fourth-order valence-electron chi connectivity index (χ4n) is 2.14. The van der Waals surface area contributed by atoms with Crippen LogP contribution >= 0.6 is 23.6 Å². The summed E-state index contributed by atoms with van der Waals surface area (Å²) in [6.07, 6.45) is 0.209. The molecule has 3 aromatic rings. The van der Waals surface area contributed by atoms with Crippen molar-refractivity contribution in [2.75, 3.05) is 11.9 Å². The summed E-state index contributed by atoms with van der Waals surface area (Å²) in [5, 5.41) is 6.98. The molecule has 0 aliphatic heterocycles. The number of para-hydroxylation sites is 1. The van der Waals surface area contributed by atoms with Crippen LogP contribution in [0.2, 0.25) is 0 Å². The largest absolute Gasteiger partial charge is 0.362 e. The highest BCUT2D eigenvalue weighted by atomic mass is 32.1. The molecular weight excluding hydrogens is 336 g/mol. The second-order valence-corrected chi connectivity index (χ2v) is 6.26. The van der Waals surface area contributed by atoms with Gasteiger partial charge in [0.2, 0.25) is 0 Å². The van der Waals surface area contributed by atoms with Crippen LogP contribution in [-0.2, 0) is 6.42 Å². The number of hydrogen-bond donors (Lipinski definition) is 2. The number of nitrogens with zero attached hydrogens (tertiary/aromatic N) is 1. The molecule has 0 atom stereocenters. The minimum absolute atomic E-state index is 0.0581. The van der Waals surface area contributed by atoms with Crippen LogP contribution in [0.15, 0.2) is 42.5 Å². The highest BCUT2D eigenvalue weighted by Crippen LogP contribution is 2.25. The first-order valence-electron chi connectivity index (χ1n) is 6.97. The predicted molar refractivity (Wildman–Crippen MR) is 93.9 cm³/mol. The van der Waals surface area contributed by atoms with E-state index < -0.39 is 11.6 Å². The number of fused-ring (bicyclic) bond motifs is 1. The fourth-order valence-corrected chi connectivity index (χ4v) is 3.27. The molecule has 0 aliphatic carbocycles. The molecule has 0 saturated heterocycles. The van der Waals surface area contributed by atoms with Crippen LogP contribution in [0.4, 0.5) is 13.9 Å². The van der Waals surface area contributed by atoms with Gasteiger partial charge >= 0.3 is 0 Å². The van der Waals surface area contributed by atoms with E-state index in [-0.39, 0.29) is 12.0 Å². The Morgan fingerprint density at radius 3 is 2.57 bits per heavy atom. The van der Waals surface area contributed by atoms with E-state index in [1.807, 2.05) is 24.3 Å². The topological polar surface area (TPSA) is 37.0 Å². The average Bonchev–Trinajstić information content (AvgIpc) is 2.92. The number of thiazole rings is 1. The van der Waals surface area contributed by atoms with Crippen molar-refractivity contribution in [1.82, 2.24) is 10.3 Å². The van der Waals surface area contributed by atoms with Gasteiger partial charge in [0.1, 0.15) is 11.6 Å². The third-order valence-corrected chi connectivity index (χ3v) is 4.43. The normalized spacial score (nSPS) is 10.7. The molecule has 0 unspecified atom stereocenters. The summed E-state index contributed by atoms with van der Waals surface area (Å²) >= 11 is 6.67. The maximum atomic E-state index is 13.5. The maximum Gasteiger partial charge on any atom is 0.190 e. The Morgan fingerprint density at radius 2 is 1.83 bits per heavy atom. The second kappa shape index (κ2) is 6.97. The molecule has 7 heteroatoms. The molecule has 1 aromatic heterocycles. The van der Waals surface area contributed by atoms with Crippen LogP contribution in [0.25, 0.3) is 10.2 Å². The number of aromatic nitrogens is 1. The Hall–Kier alpha value is -2.12. The van der Waals surface area contributed by atoms with Crippen LogP contribution in [-0.4, -0.2) is 16.6 Å². The highest BCUT2D eigenvalue weighted by Gasteiger charge is 2.09. The molecule has 3 nitrogen and oxygen atoms in total. The lowest BCUT2D eigenvalue weighted by Crippen LogP contribution is -2.30. The number of rotatable bonds is 4. The Balaban J connectivity index is 1.55. The fraction of sp³-hybridized carbons (Fsp3) is 0.125. The van der Waals surface area contributed by atoms with Gasteiger partial charge in [-0.1, -0.05) is 29.5 Å². The van der Waals surface area contributed by atoms with Gasteiger partial charge in [-0.2, -0.15) is 0 Å². The zero-order valence-electron chi connectivity index (χ0n) is 12.0. The number of hydrogen-bond acceptors (Lipinski definition) is 3. The van der Waals surface area contributed by atoms with Crippen LogP contribution < -0.4 is 10.6 Å². The molecule has 0 radical (unpaired) electrons. The van der Waals surface area contributed by atoms with Gasteiger partial charge in [-0.25, -0.2) is 13.8 Å². The van der Waals surface area contributed by atoms with E-state index in [0.29, 0.717) is 16.8 Å². The summed E-state index contributed by atoms with van der Waals surface area (Å²) in [6.45, 7) is 0.328. The van der Waals surface area contributed by atoms with E-state index in [9.17, 15) is 8.78 Å². The zero-order chi connectivity index (χ0) is 16.2. The maximum absolute atomic E-state index is 13.5. The van der Waals surface area contributed by atoms with Gasteiger partial charge in [-0.05, 0) is 42.9 Å². The third kappa shape index (κ3) is 3.80. The molecule has 0 fully saturated rings. The van der Waals surface area contributed by atoms with Crippen LogP contribution in [0.5, 0.6) is 0 Å². The molecular formula is C16H13F2N3S2. The Morgan fingerprint density at radius 1 is 1.09 bits per heavy atom. The summed E-state index contributed by atoms with van der Waals surface area (Å²) in [4.78, 5) is 4.41. The number of nitrogens with one attached hydrogen (secondary N) is 2. The van der Waals surface area contributed by atoms with E-state index in [1.54, 1.807) is 0 Å². The van der Waals surface area contributed by atoms with Crippen molar-refractivity contribution in [3.05, 3.63) is 59.7 Å². The van der Waals surface area contributed by atoms with E-state index >= 15 is 0 Å². The van der Waals surface area contributed by atoms with Gasteiger partial charge in [-0.15, -0.1) is 0 Å². The minimum Gasteiger partial charge on any atom is -0.362 e. The molecule has 118 valence electrons. The Bertz CT molecular complexity index is 795. The molecule has 3 rings (SSSR count). The van der Waals surface area contributed by atoms with E-state index in [2.05, 4.69) is 15.6 Å². The van der Waals surface area contributed by atoms with Gasteiger partial charge < -0.3 is 10.6 Å². The molecule has 0 amide bonds. The van der Waals surface area contributed by atoms with Gasteiger partial charge in [0.15, 0.2) is 10.2 Å². The predicted octanol–water partition coefficient (Wildman–Crippen LogP) is 4.10. The third-order valence-electron chi connectivity index (χ3n) is 3.24. The first-order chi connectivity index (χ1) is 11.1. The number of thiocarbonyl (C=S) groups is 1. The van der Waals surface area contributed by atoms with Gasteiger partial charge in [-0.3, -0.25) is 0 Å². The number of halogens is 2. The average molecular weight is 349 g/mol. The minimum atomic E-state index is -0.545. The summed E-state index contributed by atoms with van der Waals surface area (Å²) < 4.78 is 28.1. The first-order valence-corrected chi connectivity index (χ1v) is 8.19.